The van der Waals surface area contributed by atoms with E-state index in [1.54, 1.807) is 20.2 Å². The van der Waals surface area contributed by atoms with Gasteiger partial charge in [-0.25, -0.2) is 14.6 Å². The second-order valence-corrected chi connectivity index (χ2v) is 6.42. The third-order valence-electron chi connectivity index (χ3n) is 4.58. The molecule has 0 saturated heterocycles. The molecule has 0 aliphatic heterocycles. The molecule has 144 valence electrons. The SMILES string of the molecule is COC(=O)c1c(COC(=O)c2cc(C(C)=O)cn2C)nc2ccccc2c1C. The van der Waals surface area contributed by atoms with Crippen LogP contribution >= 0.6 is 0 Å². The summed E-state index contributed by atoms with van der Waals surface area (Å²) in [5.41, 5.74) is 2.66. The Hall–Kier alpha value is -3.48. The molecule has 1 aromatic carbocycles. The van der Waals surface area contributed by atoms with Crippen molar-refractivity contribution in [2.75, 3.05) is 7.11 Å². The highest BCUT2D eigenvalue weighted by Crippen LogP contribution is 2.24. The van der Waals surface area contributed by atoms with E-state index in [0.717, 1.165) is 5.39 Å². The number of carbonyl (C=O) groups excluding carboxylic acids is 3. The summed E-state index contributed by atoms with van der Waals surface area (Å²) < 4.78 is 11.8. The van der Waals surface area contributed by atoms with Crippen LogP contribution in [0, 0.1) is 6.92 Å². The van der Waals surface area contributed by atoms with Gasteiger partial charge < -0.3 is 14.0 Å². The van der Waals surface area contributed by atoms with Crippen LogP contribution < -0.4 is 0 Å². The van der Waals surface area contributed by atoms with E-state index in [4.69, 9.17) is 9.47 Å². The number of methoxy groups -OCH3 is 1. The fourth-order valence-corrected chi connectivity index (χ4v) is 3.09. The summed E-state index contributed by atoms with van der Waals surface area (Å²) in [7, 11) is 2.95. The summed E-state index contributed by atoms with van der Waals surface area (Å²) in [5.74, 6) is -1.30. The first kappa shape index (κ1) is 19.3. The number of ketones is 1. The number of Topliss-reactive ketones (excluding diaryl/α,β-unsaturated/α-hetero) is 1. The number of hydrogen-bond donors (Lipinski definition) is 0. The molecule has 0 aliphatic rings. The number of nitrogens with zero attached hydrogens (tertiary/aromatic N) is 2. The highest BCUT2D eigenvalue weighted by molar-refractivity contribution is 5.99. The van der Waals surface area contributed by atoms with Crippen LogP contribution in [-0.4, -0.2) is 34.4 Å². The molecule has 0 spiro atoms. The number of carbonyl (C=O) groups is 3. The summed E-state index contributed by atoms with van der Waals surface area (Å²) in [6, 6.07) is 8.87. The lowest BCUT2D eigenvalue weighted by Crippen LogP contribution is -2.15. The van der Waals surface area contributed by atoms with Crippen molar-refractivity contribution in [3.63, 3.8) is 0 Å². The maximum Gasteiger partial charge on any atom is 0.355 e. The molecule has 28 heavy (non-hydrogen) atoms. The molecule has 0 fully saturated rings. The number of para-hydroxylation sites is 1. The maximum absolute atomic E-state index is 12.5. The standard InChI is InChI=1S/C21H20N2O5/c1-12-15-7-5-6-8-16(15)22-17(19(12)21(26)27-4)11-28-20(25)18-9-14(13(2)24)10-23(18)3/h5-10H,11H2,1-4H3. The number of pyridine rings is 1. The Morgan fingerprint density at radius 1 is 1.14 bits per heavy atom. The molecule has 3 aromatic rings. The Labute approximate surface area is 161 Å². The van der Waals surface area contributed by atoms with E-state index in [1.165, 1.54) is 24.7 Å². The molecule has 0 saturated carbocycles. The Kier molecular flexibility index (Phi) is 5.26. The normalized spacial score (nSPS) is 10.7. The van der Waals surface area contributed by atoms with E-state index in [2.05, 4.69) is 4.98 Å². The van der Waals surface area contributed by atoms with Crippen molar-refractivity contribution in [3.05, 3.63) is 64.6 Å². The topological polar surface area (TPSA) is 87.5 Å². The van der Waals surface area contributed by atoms with E-state index in [1.807, 2.05) is 24.3 Å². The van der Waals surface area contributed by atoms with Gasteiger partial charge in [0, 0.05) is 24.2 Å². The molecule has 7 heteroatoms. The van der Waals surface area contributed by atoms with Gasteiger partial charge in [0.15, 0.2) is 5.78 Å². The molecule has 0 atom stereocenters. The lowest BCUT2D eigenvalue weighted by Gasteiger charge is -2.13. The highest BCUT2D eigenvalue weighted by Gasteiger charge is 2.22. The number of rotatable bonds is 5. The number of fused-ring (bicyclic) bond motifs is 1. The van der Waals surface area contributed by atoms with Crippen LogP contribution in [0.15, 0.2) is 36.5 Å². The Morgan fingerprint density at radius 3 is 2.50 bits per heavy atom. The summed E-state index contributed by atoms with van der Waals surface area (Å²) >= 11 is 0. The molecule has 0 unspecified atom stereocenters. The van der Waals surface area contributed by atoms with Crippen LogP contribution in [0.4, 0.5) is 0 Å². The number of benzene rings is 1. The first-order chi connectivity index (χ1) is 13.3. The average molecular weight is 380 g/mol. The third kappa shape index (κ3) is 3.51. The van der Waals surface area contributed by atoms with Crippen LogP contribution in [0.2, 0.25) is 0 Å². The van der Waals surface area contributed by atoms with E-state index >= 15 is 0 Å². The summed E-state index contributed by atoms with van der Waals surface area (Å²) in [4.78, 5) is 40.8. The zero-order valence-electron chi connectivity index (χ0n) is 16.1. The molecule has 0 bridgehead atoms. The van der Waals surface area contributed by atoms with Gasteiger partial charge in [0.2, 0.25) is 0 Å². The van der Waals surface area contributed by atoms with Gasteiger partial charge in [0.25, 0.3) is 0 Å². The molecule has 0 N–H and O–H groups in total. The molecule has 2 heterocycles. The second-order valence-electron chi connectivity index (χ2n) is 6.42. The second kappa shape index (κ2) is 7.64. The zero-order chi connectivity index (χ0) is 20.4. The summed E-state index contributed by atoms with van der Waals surface area (Å²) in [6.45, 7) is 3.03. The molecule has 0 aliphatic carbocycles. The third-order valence-corrected chi connectivity index (χ3v) is 4.58. The van der Waals surface area contributed by atoms with Gasteiger partial charge in [-0.1, -0.05) is 18.2 Å². The first-order valence-corrected chi connectivity index (χ1v) is 8.64. The van der Waals surface area contributed by atoms with Gasteiger partial charge in [-0.2, -0.15) is 0 Å². The van der Waals surface area contributed by atoms with E-state index in [0.29, 0.717) is 22.3 Å². The molecule has 2 aromatic heterocycles. The maximum atomic E-state index is 12.5. The van der Waals surface area contributed by atoms with Crippen LogP contribution in [0.3, 0.4) is 0 Å². The van der Waals surface area contributed by atoms with Crippen molar-refractivity contribution in [1.29, 1.82) is 0 Å². The zero-order valence-corrected chi connectivity index (χ0v) is 16.1. The molecule has 3 rings (SSSR count). The number of esters is 2. The average Bonchev–Trinajstić information content (AvgIpc) is 3.08. The smallest absolute Gasteiger partial charge is 0.355 e. The van der Waals surface area contributed by atoms with Crippen LogP contribution in [0.25, 0.3) is 10.9 Å². The van der Waals surface area contributed by atoms with Gasteiger partial charge >= 0.3 is 11.9 Å². The minimum absolute atomic E-state index is 0.144. The Morgan fingerprint density at radius 2 is 1.86 bits per heavy atom. The monoisotopic (exact) mass is 380 g/mol. The van der Waals surface area contributed by atoms with Crippen molar-refractivity contribution < 1.29 is 23.9 Å². The van der Waals surface area contributed by atoms with Crippen LogP contribution in [0.5, 0.6) is 0 Å². The number of aromatic nitrogens is 2. The van der Waals surface area contributed by atoms with Gasteiger partial charge in [0.1, 0.15) is 12.3 Å². The highest BCUT2D eigenvalue weighted by atomic mass is 16.5. The van der Waals surface area contributed by atoms with E-state index in [-0.39, 0.29) is 23.6 Å². The van der Waals surface area contributed by atoms with Gasteiger partial charge in [-0.05, 0) is 31.5 Å². The van der Waals surface area contributed by atoms with Crippen molar-refractivity contribution in [1.82, 2.24) is 9.55 Å². The fourth-order valence-electron chi connectivity index (χ4n) is 3.09. The molecular weight excluding hydrogens is 360 g/mol. The lowest BCUT2D eigenvalue weighted by atomic mass is 10.0. The quantitative estimate of drug-likeness (QED) is 0.499. The van der Waals surface area contributed by atoms with Gasteiger partial charge in [0.05, 0.1) is 23.9 Å². The largest absolute Gasteiger partial charge is 0.465 e. The Bertz CT molecular complexity index is 1100. The van der Waals surface area contributed by atoms with Gasteiger partial charge in [-0.3, -0.25) is 4.79 Å². The molecule has 0 radical (unpaired) electrons. The van der Waals surface area contributed by atoms with E-state index < -0.39 is 11.9 Å². The minimum atomic E-state index is -0.613. The van der Waals surface area contributed by atoms with Gasteiger partial charge in [-0.15, -0.1) is 0 Å². The van der Waals surface area contributed by atoms with E-state index in [9.17, 15) is 14.4 Å². The van der Waals surface area contributed by atoms with Crippen molar-refractivity contribution in [3.8, 4) is 0 Å². The van der Waals surface area contributed by atoms with Crippen LogP contribution in [-0.2, 0) is 23.1 Å². The van der Waals surface area contributed by atoms with Crippen molar-refractivity contribution in [2.24, 2.45) is 7.05 Å². The Balaban J connectivity index is 1.94. The minimum Gasteiger partial charge on any atom is -0.465 e. The molecule has 0 amide bonds. The molecular formula is C21H20N2O5. The predicted molar refractivity (Wildman–Crippen MR) is 102 cm³/mol. The number of aryl methyl sites for hydroxylation is 2. The number of hydrogen-bond acceptors (Lipinski definition) is 6. The summed E-state index contributed by atoms with van der Waals surface area (Å²) in [5, 5.41) is 0.825. The van der Waals surface area contributed by atoms with Crippen molar-refractivity contribution >= 4 is 28.6 Å². The van der Waals surface area contributed by atoms with Crippen LogP contribution in [0.1, 0.15) is 49.4 Å². The molecule has 7 nitrogen and oxygen atoms in total. The predicted octanol–water partition coefficient (Wildman–Crippen LogP) is 3.23. The number of ether oxygens (including phenoxy) is 2. The van der Waals surface area contributed by atoms with Crippen molar-refractivity contribution in [2.45, 2.75) is 20.5 Å². The summed E-state index contributed by atoms with van der Waals surface area (Å²) in [6.07, 6.45) is 1.57. The first-order valence-electron chi connectivity index (χ1n) is 8.64. The lowest BCUT2D eigenvalue weighted by molar-refractivity contribution is 0.0445. The fraction of sp³-hybridized carbons (Fsp3) is 0.238.